The number of nitrogens with one attached hydrogen (secondary N) is 1. The van der Waals surface area contributed by atoms with Crippen molar-refractivity contribution in [3.63, 3.8) is 0 Å². The maximum Gasteiger partial charge on any atom is 0.251 e. The van der Waals surface area contributed by atoms with Crippen LogP contribution < -0.4 is 10.1 Å². The van der Waals surface area contributed by atoms with Crippen molar-refractivity contribution in [2.75, 3.05) is 26.2 Å². The number of carbonyl (C=O) groups is 1. The summed E-state index contributed by atoms with van der Waals surface area (Å²) in [6.45, 7) is 13.4. The lowest BCUT2D eigenvalue weighted by Crippen LogP contribution is -2.33. The van der Waals surface area contributed by atoms with Crippen LogP contribution in [0, 0.1) is 24.2 Å². The number of nitrogens with zero attached hydrogens (tertiary/aromatic N) is 4. The molecule has 2 aliphatic heterocycles. The molecule has 2 atom stereocenters. The van der Waals surface area contributed by atoms with Crippen LogP contribution in [0.5, 0.6) is 5.75 Å². The number of nitriles is 1. The molecule has 3 aromatic carbocycles. The van der Waals surface area contributed by atoms with E-state index in [2.05, 4.69) is 86.2 Å². The lowest BCUT2D eigenvalue weighted by atomic mass is 9.94. The lowest BCUT2D eigenvalue weighted by molar-refractivity contribution is 0.0948. The Labute approximate surface area is 270 Å². The number of ether oxygens (including phenoxy) is 1. The van der Waals surface area contributed by atoms with Gasteiger partial charge in [-0.25, -0.2) is 4.98 Å². The van der Waals surface area contributed by atoms with Gasteiger partial charge in [-0.2, -0.15) is 5.26 Å². The predicted molar refractivity (Wildman–Crippen MR) is 181 cm³/mol. The predicted octanol–water partition coefficient (Wildman–Crippen LogP) is 7.39. The fourth-order valence-corrected chi connectivity index (χ4v) is 6.22. The molecule has 46 heavy (non-hydrogen) atoms. The van der Waals surface area contributed by atoms with E-state index in [4.69, 9.17) is 14.1 Å². The van der Waals surface area contributed by atoms with E-state index in [0.717, 1.165) is 42.2 Å². The van der Waals surface area contributed by atoms with Gasteiger partial charge in [-0.3, -0.25) is 9.79 Å². The summed E-state index contributed by atoms with van der Waals surface area (Å²) in [7, 11) is 0. The largest absolute Gasteiger partial charge is 0.491 e. The number of aliphatic imine (C=N–C) groups is 1. The minimum Gasteiger partial charge on any atom is -0.491 e. The molecule has 2 aliphatic rings. The van der Waals surface area contributed by atoms with Crippen molar-refractivity contribution in [1.29, 1.82) is 5.26 Å². The quantitative estimate of drug-likeness (QED) is 0.222. The van der Waals surface area contributed by atoms with Crippen molar-refractivity contribution in [1.82, 2.24) is 15.2 Å². The van der Waals surface area contributed by atoms with E-state index in [-0.39, 0.29) is 23.8 Å². The summed E-state index contributed by atoms with van der Waals surface area (Å²) in [6, 6.07) is 19.5. The molecule has 0 radical (unpaired) electrons. The standard InChI is InChI=1S/C38H41N5O3/c1-23(2)31-17-27(19-39)18-33-36(31)46-38(42-33)29-9-7-28(8-10-29)37(44)41-20-26-14-15-43(22-26)35-13-11-30(21-40-35)32-16-25(5)6-12-34(32)45-24(3)4/h6-13,16-18,23-24,26,30H,14-15,20-22H2,1-5H3,(H,41,44)/t26-,30?/m0/s1. The number of fused-ring (bicyclic) bond motifs is 1. The molecule has 1 fully saturated rings. The molecule has 6 rings (SSSR count). The van der Waals surface area contributed by atoms with Gasteiger partial charge in [0.05, 0.1) is 24.3 Å². The molecule has 8 nitrogen and oxygen atoms in total. The monoisotopic (exact) mass is 615 g/mol. The van der Waals surface area contributed by atoms with E-state index in [1.807, 2.05) is 18.2 Å². The number of amides is 1. The molecule has 0 aliphatic carbocycles. The highest BCUT2D eigenvalue weighted by Crippen LogP contribution is 2.33. The van der Waals surface area contributed by atoms with Crippen molar-refractivity contribution < 1.29 is 13.9 Å². The summed E-state index contributed by atoms with van der Waals surface area (Å²) in [5.41, 5.74) is 6.65. The molecule has 1 N–H and O–H groups in total. The van der Waals surface area contributed by atoms with E-state index in [1.165, 1.54) is 11.1 Å². The number of likely N-dealkylation sites (tertiary alicyclic amines) is 1. The Morgan fingerprint density at radius 2 is 1.93 bits per heavy atom. The van der Waals surface area contributed by atoms with Crippen LogP contribution in [0.3, 0.4) is 0 Å². The highest BCUT2D eigenvalue weighted by Gasteiger charge is 2.27. The molecule has 0 bridgehead atoms. The van der Waals surface area contributed by atoms with Gasteiger partial charge in [-0.05, 0) is 87.6 Å². The molecule has 1 unspecified atom stereocenters. The average Bonchev–Trinajstić information content (AvgIpc) is 3.71. The summed E-state index contributed by atoms with van der Waals surface area (Å²) in [6.07, 6.45) is 5.51. The molecule has 0 spiro atoms. The van der Waals surface area contributed by atoms with E-state index in [9.17, 15) is 10.1 Å². The van der Waals surface area contributed by atoms with Crippen LogP contribution >= 0.6 is 0 Å². The SMILES string of the molecule is Cc1ccc(OC(C)C)c(C2C=CC(N3CC[C@@H](CNC(=O)c4ccc(-c5nc6cc(C#N)cc(C(C)C)c6o5)cc4)C3)=NC2)c1. The van der Waals surface area contributed by atoms with Gasteiger partial charge in [0, 0.05) is 47.8 Å². The van der Waals surface area contributed by atoms with E-state index >= 15 is 0 Å². The van der Waals surface area contributed by atoms with Crippen LogP contribution in [0.2, 0.25) is 0 Å². The molecular weight excluding hydrogens is 574 g/mol. The van der Waals surface area contributed by atoms with Crippen molar-refractivity contribution in [3.05, 3.63) is 94.6 Å². The summed E-state index contributed by atoms with van der Waals surface area (Å²) in [5, 5.41) is 12.5. The molecule has 4 aromatic rings. The van der Waals surface area contributed by atoms with E-state index in [1.54, 1.807) is 18.2 Å². The fourth-order valence-electron chi connectivity index (χ4n) is 6.22. The summed E-state index contributed by atoms with van der Waals surface area (Å²) < 4.78 is 12.2. The highest BCUT2D eigenvalue weighted by atomic mass is 16.5. The van der Waals surface area contributed by atoms with Gasteiger partial charge >= 0.3 is 0 Å². The number of amidine groups is 1. The number of benzene rings is 3. The van der Waals surface area contributed by atoms with Crippen LogP contribution in [0.25, 0.3) is 22.6 Å². The van der Waals surface area contributed by atoms with E-state index < -0.39 is 0 Å². The van der Waals surface area contributed by atoms with Crippen LogP contribution in [0.4, 0.5) is 0 Å². The van der Waals surface area contributed by atoms with Gasteiger partial charge in [-0.1, -0.05) is 37.6 Å². The topological polar surface area (TPSA) is 104 Å². The minimum absolute atomic E-state index is 0.0985. The first-order valence-electron chi connectivity index (χ1n) is 16.2. The Hall–Kier alpha value is -4.90. The van der Waals surface area contributed by atoms with Gasteiger partial charge in [0.15, 0.2) is 5.58 Å². The lowest BCUT2D eigenvalue weighted by Gasteiger charge is -2.25. The number of aryl methyl sites for hydroxylation is 1. The normalized spacial score (nSPS) is 17.9. The van der Waals surface area contributed by atoms with Gasteiger partial charge in [-0.15, -0.1) is 0 Å². The molecule has 3 heterocycles. The van der Waals surface area contributed by atoms with Crippen molar-refractivity contribution in [2.45, 2.75) is 59.0 Å². The molecule has 8 heteroatoms. The number of carbonyl (C=O) groups excluding carboxylic acids is 1. The Balaban J connectivity index is 1.03. The Morgan fingerprint density at radius 3 is 2.63 bits per heavy atom. The minimum atomic E-state index is -0.0985. The fraction of sp³-hybridized carbons (Fsp3) is 0.368. The second-order valence-corrected chi connectivity index (χ2v) is 13.0. The molecular formula is C38H41N5O3. The summed E-state index contributed by atoms with van der Waals surface area (Å²) in [4.78, 5) is 24.9. The Kier molecular flexibility index (Phi) is 8.94. The van der Waals surface area contributed by atoms with Crippen molar-refractivity contribution in [2.24, 2.45) is 10.9 Å². The van der Waals surface area contributed by atoms with Crippen LogP contribution in [0.1, 0.15) is 78.6 Å². The van der Waals surface area contributed by atoms with E-state index in [0.29, 0.717) is 47.1 Å². The Bertz CT molecular complexity index is 1840. The van der Waals surface area contributed by atoms with Crippen molar-refractivity contribution in [3.8, 4) is 23.3 Å². The third-order valence-corrected chi connectivity index (χ3v) is 8.68. The number of hydrogen-bond acceptors (Lipinski definition) is 7. The van der Waals surface area contributed by atoms with Crippen LogP contribution in [-0.4, -0.2) is 53.9 Å². The Morgan fingerprint density at radius 1 is 1.13 bits per heavy atom. The van der Waals surface area contributed by atoms with Crippen LogP contribution in [-0.2, 0) is 0 Å². The zero-order valence-corrected chi connectivity index (χ0v) is 27.2. The van der Waals surface area contributed by atoms with Gasteiger partial charge in [0.2, 0.25) is 5.89 Å². The first-order valence-corrected chi connectivity index (χ1v) is 16.2. The maximum absolute atomic E-state index is 13.0. The highest BCUT2D eigenvalue weighted by molar-refractivity contribution is 5.95. The zero-order chi connectivity index (χ0) is 32.4. The number of oxazole rings is 1. The summed E-state index contributed by atoms with van der Waals surface area (Å²) in [5.74, 6) is 3.06. The van der Waals surface area contributed by atoms with Gasteiger partial charge in [0.1, 0.15) is 17.1 Å². The molecule has 1 amide bonds. The van der Waals surface area contributed by atoms with Crippen molar-refractivity contribution >= 4 is 22.8 Å². The maximum atomic E-state index is 13.0. The first kappa shape index (κ1) is 31.1. The third-order valence-electron chi connectivity index (χ3n) is 8.68. The first-order chi connectivity index (χ1) is 22.2. The number of hydrogen-bond donors (Lipinski definition) is 1. The number of dihydropyridines is 1. The second-order valence-electron chi connectivity index (χ2n) is 13.0. The summed E-state index contributed by atoms with van der Waals surface area (Å²) >= 11 is 0. The second kappa shape index (κ2) is 13.2. The van der Waals surface area contributed by atoms with Gasteiger partial charge < -0.3 is 19.4 Å². The third kappa shape index (κ3) is 6.69. The molecule has 236 valence electrons. The molecule has 1 aromatic heterocycles. The number of aromatic nitrogens is 1. The zero-order valence-electron chi connectivity index (χ0n) is 27.2. The number of rotatable bonds is 8. The smallest absolute Gasteiger partial charge is 0.251 e. The molecule has 0 saturated carbocycles. The van der Waals surface area contributed by atoms with Gasteiger partial charge in [0.25, 0.3) is 5.91 Å². The molecule has 1 saturated heterocycles. The van der Waals surface area contributed by atoms with Crippen LogP contribution in [0.15, 0.2) is 76.2 Å². The average molecular weight is 616 g/mol.